The summed E-state index contributed by atoms with van der Waals surface area (Å²) >= 11 is 9.42. The molecule has 0 saturated carbocycles. The second kappa shape index (κ2) is 7.16. The van der Waals surface area contributed by atoms with Gasteiger partial charge in [-0.3, -0.25) is 0 Å². The van der Waals surface area contributed by atoms with Crippen LogP contribution in [0.25, 0.3) is 0 Å². The van der Waals surface area contributed by atoms with Crippen LogP contribution in [0, 0.1) is 6.92 Å². The zero-order valence-corrected chi connectivity index (χ0v) is 14.9. The van der Waals surface area contributed by atoms with Crippen molar-refractivity contribution in [3.05, 3.63) is 57.0 Å². The van der Waals surface area contributed by atoms with Crippen molar-refractivity contribution < 1.29 is 14.3 Å². The van der Waals surface area contributed by atoms with E-state index in [4.69, 9.17) is 21.1 Å². The normalized spacial score (nSPS) is 10.6. The Balaban J connectivity index is 2.15. The van der Waals surface area contributed by atoms with E-state index in [1.165, 1.54) is 0 Å². The summed E-state index contributed by atoms with van der Waals surface area (Å²) in [5.74, 6) is 0.654. The Labute approximate surface area is 143 Å². The number of hydrogen-bond acceptors (Lipinski definition) is 3. The van der Waals surface area contributed by atoms with Gasteiger partial charge in [-0.15, -0.1) is 0 Å². The van der Waals surface area contributed by atoms with Crippen LogP contribution in [-0.2, 0) is 0 Å². The predicted molar refractivity (Wildman–Crippen MR) is 91.1 cm³/mol. The van der Waals surface area contributed by atoms with Crippen molar-refractivity contribution in [1.82, 2.24) is 0 Å². The highest BCUT2D eigenvalue weighted by molar-refractivity contribution is 9.10. The molecular weight excluding hydrogens is 368 g/mol. The van der Waals surface area contributed by atoms with E-state index in [2.05, 4.69) is 15.9 Å². The van der Waals surface area contributed by atoms with E-state index in [0.29, 0.717) is 26.6 Å². The van der Waals surface area contributed by atoms with Gasteiger partial charge in [-0.05, 0) is 72.6 Å². The van der Waals surface area contributed by atoms with Gasteiger partial charge in [0.05, 0.1) is 16.1 Å². The first-order valence-electron chi connectivity index (χ1n) is 6.81. The molecule has 0 aliphatic rings. The number of rotatable bonds is 4. The molecule has 0 fully saturated rings. The summed E-state index contributed by atoms with van der Waals surface area (Å²) in [4.78, 5) is 12.2. The Morgan fingerprint density at radius 3 is 2.50 bits per heavy atom. The molecule has 5 heteroatoms. The molecule has 0 N–H and O–H groups in total. The first-order valence-corrected chi connectivity index (χ1v) is 7.98. The SMILES string of the molecule is Cc1ccc(OC(=O)c2ccc(OC(C)C)c(Br)c2)cc1Cl. The van der Waals surface area contributed by atoms with Crippen LogP contribution in [0.2, 0.25) is 5.02 Å². The molecule has 3 nitrogen and oxygen atoms in total. The first kappa shape index (κ1) is 16.8. The lowest BCUT2D eigenvalue weighted by atomic mass is 10.2. The third-order valence-corrected chi connectivity index (χ3v) is 3.91. The van der Waals surface area contributed by atoms with Gasteiger partial charge in [0.2, 0.25) is 0 Å². The summed E-state index contributed by atoms with van der Waals surface area (Å²) in [6.07, 6.45) is 0.0591. The third-order valence-electron chi connectivity index (χ3n) is 2.88. The third kappa shape index (κ3) is 4.24. The summed E-state index contributed by atoms with van der Waals surface area (Å²) in [6.45, 7) is 5.77. The van der Waals surface area contributed by atoms with E-state index in [1.807, 2.05) is 20.8 Å². The van der Waals surface area contributed by atoms with Crippen molar-refractivity contribution in [2.45, 2.75) is 26.9 Å². The molecule has 0 aliphatic heterocycles. The van der Waals surface area contributed by atoms with Crippen LogP contribution >= 0.6 is 27.5 Å². The van der Waals surface area contributed by atoms with Crippen LogP contribution < -0.4 is 9.47 Å². The molecule has 0 aromatic heterocycles. The minimum atomic E-state index is -0.447. The summed E-state index contributed by atoms with van der Waals surface area (Å²) in [6, 6.07) is 10.2. The van der Waals surface area contributed by atoms with E-state index in [9.17, 15) is 4.79 Å². The summed E-state index contributed by atoms with van der Waals surface area (Å²) < 4.78 is 11.6. The van der Waals surface area contributed by atoms with Crippen molar-refractivity contribution in [2.75, 3.05) is 0 Å². The summed E-state index contributed by atoms with van der Waals surface area (Å²) in [5, 5.41) is 0.562. The van der Waals surface area contributed by atoms with Crippen LogP contribution in [0.1, 0.15) is 29.8 Å². The van der Waals surface area contributed by atoms with E-state index >= 15 is 0 Å². The fraction of sp³-hybridized carbons (Fsp3) is 0.235. The van der Waals surface area contributed by atoms with Crippen LogP contribution in [0.15, 0.2) is 40.9 Å². The molecule has 0 spiro atoms. The molecular formula is C17H16BrClO3. The molecule has 0 amide bonds. The number of hydrogen-bond donors (Lipinski definition) is 0. The number of carbonyl (C=O) groups is 1. The molecule has 22 heavy (non-hydrogen) atoms. The van der Waals surface area contributed by atoms with Gasteiger partial charge in [0.15, 0.2) is 0 Å². The highest BCUT2D eigenvalue weighted by Gasteiger charge is 2.13. The van der Waals surface area contributed by atoms with Crippen LogP contribution in [0.4, 0.5) is 0 Å². The Bertz CT molecular complexity index is 698. The molecule has 0 unspecified atom stereocenters. The number of benzene rings is 2. The van der Waals surface area contributed by atoms with Gasteiger partial charge in [0.1, 0.15) is 11.5 Å². The highest BCUT2D eigenvalue weighted by atomic mass is 79.9. The van der Waals surface area contributed by atoms with Gasteiger partial charge in [0, 0.05) is 5.02 Å². The van der Waals surface area contributed by atoms with Gasteiger partial charge < -0.3 is 9.47 Å². The molecule has 2 rings (SSSR count). The van der Waals surface area contributed by atoms with Crippen molar-refractivity contribution in [1.29, 1.82) is 0 Å². The van der Waals surface area contributed by atoms with Crippen molar-refractivity contribution in [3.8, 4) is 11.5 Å². The average Bonchev–Trinajstić information content (AvgIpc) is 2.44. The molecule has 2 aromatic rings. The lowest BCUT2D eigenvalue weighted by Gasteiger charge is -2.12. The number of esters is 1. The molecule has 116 valence electrons. The zero-order valence-electron chi connectivity index (χ0n) is 12.5. The van der Waals surface area contributed by atoms with E-state index in [0.717, 1.165) is 5.56 Å². The maximum absolute atomic E-state index is 12.2. The maximum atomic E-state index is 12.2. The lowest BCUT2D eigenvalue weighted by molar-refractivity contribution is 0.0734. The second-order valence-corrected chi connectivity index (χ2v) is 6.37. The summed E-state index contributed by atoms with van der Waals surface area (Å²) in [5.41, 5.74) is 1.36. The molecule has 0 radical (unpaired) electrons. The fourth-order valence-electron chi connectivity index (χ4n) is 1.78. The smallest absolute Gasteiger partial charge is 0.343 e. The van der Waals surface area contributed by atoms with Crippen LogP contribution in [0.3, 0.4) is 0 Å². The van der Waals surface area contributed by atoms with Gasteiger partial charge in [-0.2, -0.15) is 0 Å². The molecule has 0 heterocycles. The van der Waals surface area contributed by atoms with E-state index in [-0.39, 0.29) is 6.10 Å². The van der Waals surface area contributed by atoms with Gasteiger partial charge in [-0.1, -0.05) is 17.7 Å². The number of ether oxygens (including phenoxy) is 2. The Hall–Kier alpha value is -1.52. The second-order valence-electron chi connectivity index (χ2n) is 5.11. The fourth-order valence-corrected chi connectivity index (χ4v) is 2.42. The maximum Gasteiger partial charge on any atom is 0.343 e. The largest absolute Gasteiger partial charge is 0.490 e. The number of aryl methyl sites for hydroxylation is 1. The standard InChI is InChI=1S/C17H16BrClO3/c1-10(2)21-16-7-5-12(8-14(16)18)17(20)22-13-6-4-11(3)15(19)9-13/h4-10H,1-3H3. The molecule has 0 saturated heterocycles. The molecule has 2 aromatic carbocycles. The summed E-state index contributed by atoms with van der Waals surface area (Å²) in [7, 11) is 0. The number of halogens is 2. The Morgan fingerprint density at radius 1 is 1.18 bits per heavy atom. The predicted octanol–water partition coefficient (Wildman–Crippen LogP) is 5.42. The van der Waals surface area contributed by atoms with Crippen LogP contribution in [0.5, 0.6) is 11.5 Å². The minimum absolute atomic E-state index is 0.0591. The zero-order chi connectivity index (χ0) is 16.3. The van der Waals surface area contributed by atoms with Crippen molar-refractivity contribution in [2.24, 2.45) is 0 Å². The van der Waals surface area contributed by atoms with Gasteiger partial charge in [0.25, 0.3) is 0 Å². The molecule has 0 bridgehead atoms. The van der Waals surface area contributed by atoms with Crippen molar-refractivity contribution >= 4 is 33.5 Å². The number of carbonyl (C=O) groups excluding carboxylic acids is 1. The topological polar surface area (TPSA) is 35.5 Å². The van der Waals surface area contributed by atoms with E-state index in [1.54, 1.807) is 36.4 Å². The van der Waals surface area contributed by atoms with Gasteiger partial charge >= 0.3 is 5.97 Å². The minimum Gasteiger partial charge on any atom is -0.490 e. The van der Waals surface area contributed by atoms with Crippen molar-refractivity contribution in [3.63, 3.8) is 0 Å². The molecule has 0 aliphatic carbocycles. The van der Waals surface area contributed by atoms with Gasteiger partial charge in [-0.25, -0.2) is 4.79 Å². The highest BCUT2D eigenvalue weighted by Crippen LogP contribution is 2.28. The monoisotopic (exact) mass is 382 g/mol. The van der Waals surface area contributed by atoms with E-state index < -0.39 is 5.97 Å². The van der Waals surface area contributed by atoms with Crippen LogP contribution in [-0.4, -0.2) is 12.1 Å². The molecule has 0 atom stereocenters. The Kier molecular flexibility index (Phi) is 5.48. The lowest BCUT2D eigenvalue weighted by Crippen LogP contribution is -2.10. The average molecular weight is 384 g/mol. The Morgan fingerprint density at radius 2 is 1.91 bits per heavy atom. The quantitative estimate of drug-likeness (QED) is 0.522. The first-order chi connectivity index (χ1) is 10.4.